The van der Waals surface area contributed by atoms with E-state index in [1.54, 1.807) is 30.5 Å². The average molecular weight is 670 g/mol. The van der Waals surface area contributed by atoms with Gasteiger partial charge in [0, 0.05) is 55.2 Å². The molecule has 1 saturated carbocycles. The molecule has 1 aliphatic rings. The van der Waals surface area contributed by atoms with Gasteiger partial charge in [0.15, 0.2) is 0 Å². The molecule has 0 radical (unpaired) electrons. The number of rotatable bonds is 17. The Bertz CT molecular complexity index is 1790. The number of benzene rings is 3. The van der Waals surface area contributed by atoms with Crippen molar-refractivity contribution >= 4 is 27.5 Å². The van der Waals surface area contributed by atoms with Crippen LogP contribution in [0, 0.1) is 5.92 Å². The van der Waals surface area contributed by atoms with E-state index in [1.165, 1.54) is 50.2 Å². The van der Waals surface area contributed by atoms with Crippen molar-refractivity contribution in [3.63, 3.8) is 0 Å². The van der Waals surface area contributed by atoms with Gasteiger partial charge < -0.3 is 21.3 Å². The summed E-state index contributed by atoms with van der Waals surface area (Å²) in [6.07, 6.45) is 4.69. The number of aromatic nitrogens is 2. The van der Waals surface area contributed by atoms with Crippen LogP contribution in [-0.2, 0) is 23.0 Å². The van der Waals surface area contributed by atoms with Crippen LogP contribution >= 0.6 is 0 Å². The molecule has 4 aromatic rings. The van der Waals surface area contributed by atoms with Crippen LogP contribution in [0.4, 0.5) is 5.69 Å². The van der Waals surface area contributed by atoms with Crippen molar-refractivity contribution in [2.45, 2.75) is 49.7 Å². The topological polar surface area (TPSA) is 148 Å². The molecule has 1 aromatic heterocycles. The van der Waals surface area contributed by atoms with Crippen LogP contribution in [0.25, 0.3) is 0 Å². The maximum Gasteiger partial charge on any atom is 0.264 e. The molecule has 2 amide bonds. The summed E-state index contributed by atoms with van der Waals surface area (Å²) in [4.78, 5) is 27.4. The van der Waals surface area contributed by atoms with Crippen LogP contribution < -0.4 is 25.6 Å². The zero-order valence-corrected chi connectivity index (χ0v) is 28.1. The third-order valence-electron chi connectivity index (χ3n) is 8.36. The first-order valence-electron chi connectivity index (χ1n) is 16.1. The molecule has 11 nitrogen and oxygen atoms in total. The Morgan fingerprint density at radius 3 is 2.27 bits per heavy atom. The van der Waals surface area contributed by atoms with Gasteiger partial charge in [-0.15, -0.1) is 0 Å². The van der Waals surface area contributed by atoms with Crippen LogP contribution in [0.5, 0.6) is 0 Å². The number of H-pyrrole nitrogens is 1. The van der Waals surface area contributed by atoms with Gasteiger partial charge in [0.25, 0.3) is 21.8 Å². The zero-order valence-electron chi connectivity index (χ0n) is 27.3. The van der Waals surface area contributed by atoms with Crippen molar-refractivity contribution in [1.29, 1.82) is 0 Å². The number of nitrogens with one attached hydrogen (secondary N) is 5. The van der Waals surface area contributed by atoms with Gasteiger partial charge in [0.05, 0.1) is 22.8 Å². The number of nitrogens with zero attached hydrogens (tertiary/aromatic N) is 2. The molecule has 0 aliphatic heterocycles. The Hall–Kier alpha value is -4.94. The lowest BCUT2D eigenvalue weighted by Crippen LogP contribution is -2.47. The van der Waals surface area contributed by atoms with Gasteiger partial charge in [-0.25, -0.2) is 8.42 Å². The molecule has 252 valence electrons. The third-order valence-corrected chi connectivity index (χ3v) is 10.2. The molecule has 0 saturated heterocycles. The Morgan fingerprint density at radius 2 is 1.62 bits per heavy atom. The van der Waals surface area contributed by atoms with Crippen molar-refractivity contribution in [1.82, 2.24) is 31.5 Å². The molecule has 5 N–H and O–H groups in total. The van der Waals surface area contributed by atoms with Gasteiger partial charge in [0.2, 0.25) is 0 Å². The predicted octanol–water partition coefficient (Wildman–Crippen LogP) is 4.00. The second-order valence-corrected chi connectivity index (χ2v) is 14.1. The van der Waals surface area contributed by atoms with Gasteiger partial charge in [-0.3, -0.25) is 19.0 Å². The lowest BCUT2D eigenvalue weighted by molar-refractivity contribution is 0.0936. The smallest absolute Gasteiger partial charge is 0.264 e. The highest BCUT2D eigenvalue weighted by molar-refractivity contribution is 7.92. The molecule has 1 fully saturated rings. The van der Waals surface area contributed by atoms with E-state index in [0.717, 1.165) is 22.1 Å². The average Bonchev–Trinajstić information content (AvgIpc) is 3.79. The first kappa shape index (κ1) is 34.4. The highest BCUT2D eigenvalue weighted by atomic mass is 32.2. The summed E-state index contributed by atoms with van der Waals surface area (Å²) in [5.41, 5.74) is 3.01. The molecule has 0 spiro atoms. The van der Waals surface area contributed by atoms with Gasteiger partial charge in [0.1, 0.15) is 0 Å². The van der Waals surface area contributed by atoms with Crippen LogP contribution in [-0.4, -0.2) is 62.7 Å². The van der Waals surface area contributed by atoms with E-state index >= 15 is 0 Å². The minimum atomic E-state index is -3.99. The predicted molar refractivity (Wildman–Crippen MR) is 187 cm³/mol. The zero-order chi connectivity index (χ0) is 34.1. The Balaban J connectivity index is 1.39. The first-order chi connectivity index (χ1) is 23.1. The molecular formula is C36H43N7O4S. The van der Waals surface area contributed by atoms with E-state index in [-0.39, 0.29) is 40.3 Å². The summed E-state index contributed by atoms with van der Waals surface area (Å²) in [6, 6.07) is 23.6. The second kappa shape index (κ2) is 15.8. The second-order valence-electron chi connectivity index (χ2n) is 12.1. The van der Waals surface area contributed by atoms with Gasteiger partial charge in [-0.2, -0.15) is 5.10 Å². The van der Waals surface area contributed by atoms with E-state index in [1.807, 2.05) is 37.3 Å². The molecule has 2 atom stereocenters. The Morgan fingerprint density at radius 1 is 0.958 bits per heavy atom. The van der Waals surface area contributed by atoms with Gasteiger partial charge >= 0.3 is 0 Å². The minimum Gasteiger partial charge on any atom is -0.387 e. The molecule has 1 heterocycles. The monoisotopic (exact) mass is 669 g/mol. The molecule has 0 unspecified atom stereocenters. The maximum absolute atomic E-state index is 13.9. The first-order valence-corrected chi connectivity index (χ1v) is 17.5. The number of sulfonamides is 1. The number of hydrogen-bond acceptors (Lipinski definition) is 7. The maximum atomic E-state index is 13.9. The van der Waals surface area contributed by atoms with Gasteiger partial charge in [-0.05, 0) is 74.1 Å². The van der Waals surface area contributed by atoms with E-state index in [0.29, 0.717) is 24.6 Å². The number of amides is 2. The summed E-state index contributed by atoms with van der Waals surface area (Å²) in [5, 5.41) is 19.6. The van der Waals surface area contributed by atoms with Crippen molar-refractivity contribution in [3.05, 3.63) is 126 Å². The fraction of sp³-hybridized carbons (Fsp3) is 0.306. The van der Waals surface area contributed by atoms with Crippen LogP contribution in [0.1, 0.15) is 51.7 Å². The summed E-state index contributed by atoms with van der Waals surface area (Å²) in [6.45, 7) is 7.74. The highest BCUT2D eigenvalue weighted by Crippen LogP contribution is 2.28. The van der Waals surface area contributed by atoms with Gasteiger partial charge in [-0.1, -0.05) is 55.1 Å². The van der Waals surface area contributed by atoms with E-state index in [2.05, 4.69) is 38.0 Å². The summed E-state index contributed by atoms with van der Waals surface area (Å²) >= 11 is 0. The molecule has 0 bridgehead atoms. The fourth-order valence-corrected chi connectivity index (χ4v) is 6.34. The van der Waals surface area contributed by atoms with Crippen LogP contribution in [0.15, 0.2) is 108 Å². The van der Waals surface area contributed by atoms with E-state index < -0.39 is 21.8 Å². The minimum absolute atomic E-state index is 0.0380. The van der Waals surface area contributed by atoms with Crippen LogP contribution in [0.3, 0.4) is 0 Å². The standard InChI is InChI=1S/C36H43N7O4S/c1-25(37-22-28-14-15-28)26(2)38-24-32(18-27-10-6-4-7-11-27)41-36(45)30-19-29(35(44)39-23-31-16-17-40-42-31)20-33(21-30)43(3)48(46,47)34-12-8-5-9-13-34/h4-13,16-17,19-21,26,28,32,37-38H,1,14-15,18,22-24H2,2-3H3,(H,39,44)(H,40,42)(H,41,45)/t26-,32-/m0/s1. The third kappa shape index (κ3) is 9.33. The molecule has 5 rings (SSSR count). The lowest BCUT2D eigenvalue weighted by Gasteiger charge is -2.25. The summed E-state index contributed by atoms with van der Waals surface area (Å²) in [7, 11) is -2.59. The molecule has 1 aliphatic carbocycles. The largest absolute Gasteiger partial charge is 0.387 e. The van der Waals surface area contributed by atoms with Crippen LogP contribution in [0.2, 0.25) is 0 Å². The molecule has 12 heteroatoms. The SMILES string of the molecule is C=C(NCC1CC1)[C@H](C)NC[C@H](Cc1ccccc1)NC(=O)c1cc(C(=O)NCc2cc[nH]n2)cc(N(C)S(=O)(=O)c2ccccc2)c1. The normalized spacial score (nSPS) is 14.0. The Labute approximate surface area is 282 Å². The molecule has 48 heavy (non-hydrogen) atoms. The number of carbonyl (C=O) groups is 2. The highest BCUT2D eigenvalue weighted by Gasteiger charge is 2.25. The summed E-state index contributed by atoms with van der Waals surface area (Å²) in [5.74, 6) is -0.202. The van der Waals surface area contributed by atoms with Crippen molar-refractivity contribution in [2.75, 3.05) is 24.4 Å². The van der Waals surface area contributed by atoms with Crippen molar-refractivity contribution in [3.8, 4) is 0 Å². The fourth-order valence-electron chi connectivity index (χ4n) is 5.14. The van der Waals surface area contributed by atoms with Crippen molar-refractivity contribution in [2.24, 2.45) is 5.92 Å². The number of anilines is 1. The number of carbonyl (C=O) groups excluding carboxylic acids is 2. The summed E-state index contributed by atoms with van der Waals surface area (Å²) < 4.78 is 28.2. The Kier molecular flexibility index (Phi) is 11.3. The molecule has 3 aromatic carbocycles. The van der Waals surface area contributed by atoms with E-state index in [4.69, 9.17) is 0 Å². The van der Waals surface area contributed by atoms with Crippen molar-refractivity contribution < 1.29 is 18.0 Å². The number of hydrogen-bond donors (Lipinski definition) is 5. The molecular weight excluding hydrogens is 627 g/mol. The number of aromatic amines is 1. The van der Waals surface area contributed by atoms with E-state index in [9.17, 15) is 18.0 Å². The lowest BCUT2D eigenvalue weighted by atomic mass is 10.0. The quantitative estimate of drug-likeness (QED) is 0.114.